The van der Waals surface area contributed by atoms with Crippen LogP contribution in [0.5, 0.6) is 0 Å². The fraction of sp³-hybridized carbons (Fsp3) is 0.455. The van der Waals surface area contributed by atoms with Crippen molar-refractivity contribution in [3.63, 3.8) is 0 Å². The number of aliphatic hydroxyl groups excluding tert-OH is 2. The largest absolute Gasteiger partial charge is 0.374 e. The Balaban J connectivity index is 3.05. The highest BCUT2D eigenvalue weighted by Crippen LogP contribution is 2.22. The number of para-hydroxylation sites is 1. The molecule has 1 aromatic carbocycles. The highest BCUT2D eigenvalue weighted by molar-refractivity contribution is 5.53. The zero-order valence-corrected chi connectivity index (χ0v) is 8.81. The monoisotopic (exact) mass is 195 g/mol. The molecule has 0 amide bonds. The van der Waals surface area contributed by atoms with Gasteiger partial charge in [0.25, 0.3) is 0 Å². The zero-order chi connectivity index (χ0) is 10.7. The Hall–Kier alpha value is -1.06. The van der Waals surface area contributed by atoms with Crippen LogP contribution in [0.3, 0.4) is 0 Å². The van der Waals surface area contributed by atoms with Gasteiger partial charge in [-0.15, -0.1) is 0 Å². The first-order valence-corrected chi connectivity index (χ1v) is 4.74. The molecule has 14 heavy (non-hydrogen) atoms. The number of aryl methyl sites for hydroxylation is 1. The van der Waals surface area contributed by atoms with Crippen LogP contribution in [0, 0.1) is 6.92 Å². The maximum absolute atomic E-state index is 9.53. The van der Waals surface area contributed by atoms with E-state index in [0.29, 0.717) is 0 Å². The average molecular weight is 195 g/mol. The van der Waals surface area contributed by atoms with Crippen molar-refractivity contribution in [2.24, 2.45) is 0 Å². The summed E-state index contributed by atoms with van der Waals surface area (Å²) < 4.78 is 0. The van der Waals surface area contributed by atoms with Crippen molar-refractivity contribution < 1.29 is 10.2 Å². The summed E-state index contributed by atoms with van der Waals surface area (Å²) in [6.07, 6.45) is -1.40. The highest BCUT2D eigenvalue weighted by atomic mass is 16.3. The van der Waals surface area contributed by atoms with E-state index in [-0.39, 0.29) is 0 Å². The average Bonchev–Trinajstić information content (AvgIpc) is 2.07. The van der Waals surface area contributed by atoms with Gasteiger partial charge in [-0.2, -0.15) is 0 Å². The topological polar surface area (TPSA) is 43.7 Å². The van der Waals surface area contributed by atoms with Crippen molar-refractivity contribution in [3.8, 4) is 0 Å². The molecule has 1 rings (SSSR count). The lowest BCUT2D eigenvalue weighted by atomic mass is 10.1. The van der Waals surface area contributed by atoms with E-state index in [1.807, 2.05) is 31.2 Å². The Labute approximate surface area is 84.6 Å². The molecule has 0 saturated carbocycles. The molecule has 0 bridgehead atoms. The summed E-state index contributed by atoms with van der Waals surface area (Å²) in [6, 6.07) is 7.66. The van der Waals surface area contributed by atoms with Gasteiger partial charge in [0.1, 0.15) is 12.5 Å². The number of nitrogens with zero attached hydrogens (tertiary/aromatic N) is 1. The molecule has 78 valence electrons. The SMILES string of the molecule is Cc1ccccc1N(C(C)O)C(C)O. The minimum atomic E-state index is -0.698. The molecule has 2 N–H and O–H groups in total. The second-order valence-electron chi connectivity index (χ2n) is 3.46. The van der Waals surface area contributed by atoms with Crippen molar-refractivity contribution in [1.29, 1.82) is 0 Å². The number of hydrogen-bond donors (Lipinski definition) is 2. The van der Waals surface area contributed by atoms with Crippen molar-refractivity contribution in [1.82, 2.24) is 0 Å². The van der Waals surface area contributed by atoms with Gasteiger partial charge in [0.05, 0.1) is 0 Å². The number of benzene rings is 1. The molecule has 0 spiro atoms. The summed E-state index contributed by atoms with van der Waals surface area (Å²) in [5, 5.41) is 19.1. The van der Waals surface area contributed by atoms with Crippen LogP contribution < -0.4 is 4.90 Å². The maximum atomic E-state index is 9.53. The van der Waals surface area contributed by atoms with E-state index < -0.39 is 12.5 Å². The van der Waals surface area contributed by atoms with Crippen molar-refractivity contribution in [3.05, 3.63) is 29.8 Å². The van der Waals surface area contributed by atoms with E-state index >= 15 is 0 Å². The van der Waals surface area contributed by atoms with Gasteiger partial charge in [-0.25, -0.2) is 0 Å². The first-order valence-electron chi connectivity index (χ1n) is 4.74. The van der Waals surface area contributed by atoms with Gasteiger partial charge >= 0.3 is 0 Å². The lowest BCUT2D eigenvalue weighted by Gasteiger charge is -2.31. The molecular formula is C11H17NO2. The van der Waals surface area contributed by atoms with Crippen molar-refractivity contribution in [2.45, 2.75) is 33.2 Å². The number of anilines is 1. The molecule has 3 heteroatoms. The normalized spacial score (nSPS) is 14.9. The van der Waals surface area contributed by atoms with Crippen LogP contribution in [0.1, 0.15) is 19.4 Å². The maximum Gasteiger partial charge on any atom is 0.126 e. The van der Waals surface area contributed by atoms with Crippen LogP contribution in [0.4, 0.5) is 5.69 Å². The molecule has 0 fully saturated rings. The third-order valence-electron chi connectivity index (χ3n) is 2.20. The fourth-order valence-corrected chi connectivity index (χ4v) is 1.57. The number of rotatable bonds is 3. The van der Waals surface area contributed by atoms with Crippen molar-refractivity contribution in [2.75, 3.05) is 4.90 Å². The second kappa shape index (κ2) is 4.44. The molecule has 0 radical (unpaired) electrons. The van der Waals surface area contributed by atoms with E-state index in [9.17, 15) is 10.2 Å². The molecule has 2 unspecified atom stereocenters. The van der Waals surface area contributed by atoms with Crippen LogP contribution >= 0.6 is 0 Å². The van der Waals surface area contributed by atoms with Gasteiger partial charge in [-0.05, 0) is 32.4 Å². The van der Waals surface area contributed by atoms with Crippen molar-refractivity contribution >= 4 is 5.69 Å². The predicted octanol–water partition coefficient (Wildman–Crippen LogP) is 1.48. The first kappa shape index (κ1) is 11.0. The number of aliphatic hydroxyl groups is 2. The Bertz CT molecular complexity index is 289. The van der Waals surface area contributed by atoms with E-state index in [2.05, 4.69) is 0 Å². The lowest BCUT2D eigenvalue weighted by molar-refractivity contribution is 0.105. The predicted molar refractivity (Wildman–Crippen MR) is 57.0 cm³/mol. The lowest BCUT2D eigenvalue weighted by Crippen LogP contribution is -2.40. The Morgan fingerprint density at radius 3 is 2.00 bits per heavy atom. The van der Waals surface area contributed by atoms with Gasteiger partial charge in [-0.3, -0.25) is 0 Å². The van der Waals surface area contributed by atoms with Gasteiger partial charge < -0.3 is 15.1 Å². The van der Waals surface area contributed by atoms with Crippen LogP contribution in [0.2, 0.25) is 0 Å². The zero-order valence-electron chi connectivity index (χ0n) is 8.81. The smallest absolute Gasteiger partial charge is 0.126 e. The van der Waals surface area contributed by atoms with Gasteiger partial charge in [0.2, 0.25) is 0 Å². The van der Waals surface area contributed by atoms with E-state index in [4.69, 9.17) is 0 Å². The third-order valence-corrected chi connectivity index (χ3v) is 2.20. The molecule has 0 aliphatic carbocycles. The summed E-state index contributed by atoms with van der Waals surface area (Å²) in [4.78, 5) is 1.56. The minimum absolute atomic E-state index is 0.698. The quantitative estimate of drug-likeness (QED) is 0.718. The van der Waals surface area contributed by atoms with Crippen LogP contribution in [-0.4, -0.2) is 22.7 Å². The molecule has 0 heterocycles. The van der Waals surface area contributed by atoms with Gasteiger partial charge in [0, 0.05) is 5.69 Å². The molecule has 0 saturated heterocycles. The third kappa shape index (κ3) is 2.25. The first-order chi connectivity index (χ1) is 6.54. The Morgan fingerprint density at radius 1 is 1.07 bits per heavy atom. The van der Waals surface area contributed by atoms with Crippen LogP contribution in [-0.2, 0) is 0 Å². The van der Waals surface area contributed by atoms with E-state index in [1.54, 1.807) is 18.7 Å². The van der Waals surface area contributed by atoms with E-state index in [1.165, 1.54) is 0 Å². The summed E-state index contributed by atoms with van der Waals surface area (Å²) in [7, 11) is 0. The van der Waals surface area contributed by atoms with Crippen LogP contribution in [0.25, 0.3) is 0 Å². The Morgan fingerprint density at radius 2 is 1.57 bits per heavy atom. The molecule has 0 aromatic heterocycles. The Kier molecular flexibility index (Phi) is 3.49. The van der Waals surface area contributed by atoms with Crippen LogP contribution in [0.15, 0.2) is 24.3 Å². The molecular weight excluding hydrogens is 178 g/mol. The summed E-state index contributed by atoms with van der Waals surface area (Å²) in [5.74, 6) is 0. The minimum Gasteiger partial charge on any atom is -0.374 e. The molecule has 0 aliphatic rings. The second-order valence-corrected chi connectivity index (χ2v) is 3.46. The summed E-state index contributed by atoms with van der Waals surface area (Å²) in [6.45, 7) is 5.23. The number of hydrogen-bond acceptors (Lipinski definition) is 3. The summed E-state index contributed by atoms with van der Waals surface area (Å²) >= 11 is 0. The van der Waals surface area contributed by atoms with E-state index in [0.717, 1.165) is 11.3 Å². The van der Waals surface area contributed by atoms with Gasteiger partial charge in [0.15, 0.2) is 0 Å². The molecule has 2 atom stereocenters. The standard InChI is InChI=1S/C11H17NO2/c1-8-6-4-5-7-11(8)12(9(2)13)10(3)14/h4-7,9-10,13-14H,1-3H3. The van der Waals surface area contributed by atoms with Gasteiger partial charge in [-0.1, -0.05) is 18.2 Å². The molecule has 0 aliphatic heterocycles. The highest BCUT2D eigenvalue weighted by Gasteiger charge is 2.17. The molecule has 1 aromatic rings. The molecule has 3 nitrogen and oxygen atoms in total. The fourth-order valence-electron chi connectivity index (χ4n) is 1.57. The summed E-state index contributed by atoms with van der Waals surface area (Å²) in [5.41, 5.74) is 1.90.